The van der Waals surface area contributed by atoms with E-state index in [0.717, 1.165) is 0 Å². The zero-order valence-corrected chi connectivity index (χ0v) is 9.84. The van der Waals surface area contributed by atoms with Crippen LogP contribution in [0.25, 0.3) is 0 Å². The minimum atomic E-state index is -0.0573. The molecule has 0 fully saturated rings. The Bertz CT molecular complexity index is 357. The van der Waals surface area contributed by atoms with Crippen molar-refractivity contribution in [3.05, 3.63) is 10.8 Å². The van der Waals surface area contributed by atoms with Crippen molar-refractivity contribution < 1.29 is 4.79 Å². The number of rotatable bonds is 4. The molecule has 0 aromatic carbocycles. The molecule has 0 spiro atoms. The predicted molar refractivity (Wildman–Crippen MR) is 61.3 cm³/mol. The molecule has 1 heterocycles. The molecule has 0 aliphatic heterocycles. The van der Waals surface area contributed by atoms with Crippen molar-refractivity contribution in [3.8, 4) is 0 Å². The van der Waals surface area contributed by atoms with Crippen LogP contribution in [0.3, 0.4) is 0 Å². The molecular weight excluding hydrogens is 262 g/mol. The molecule has 0 unspecified atom stereocenters. The van der Waals surface area contributed by atoms with Crippen molar-refractivity contribution in [2.24, 2.45) is 0 Å². The van der Waals surface area contributed by atoms with Crippen molar-refractivity contribution in [2.75, 3.05) is 24.1 Å². The first-order valence-electron chi connectivity index (χ1n) is 4.35. The van der Waals surface area contributed by atoms with Crippen LogP contribution in [0.1, 0.15) is 6.92 Å². The number of hydrogen-bond donors (Lipinski definition) is 3. The summed E-state index contributed by atoms with van der Waals surface area (Å²) in [5.41, 5.74) is 5.57. The molecule has 0 saturated heterocycles. The van der Waals surface area contributed by atoms with Crippen LogP contribution < -0.4 is 16.4 Å². The third-order valence-corrected chi connectivity index (χ3v) is 2.39. The van der Waals surface area contributed by atoms with E-state index < -0.39 is 0 Å². The van der Waals surface area contributed by atoms with Crippen LogP contribution in [0.15, 0.2) is 10.8 Å². The minimum Gasteiger partial charge on any atom is -0.383 e. The van der Waals surface area contributed by atoms with E-state index in [9.17, 15) is 4.79 Å². The number of nitrogens with zero attached hydrogens (tertiary/aromatic N) is 2. The Labute approximate surface area is 95.8 Å². The third-order valence-electron chi connectivity index (χ3n) is 1.61. The molecule has 0 aliphatic carbocycles. The van der Waals surface area contributed by atoms with E-state index in [1.54, 1.807) is 0 Å². The molecule has 1 aromatic rings. The van der Waals surface area contributed by atoms with Crippen molar-refractivity contribution >= 4 is 33.5 Å². The summed E-state index contributed by atoms with van der Waals surface area (Å²) in [5.74, 6) is 0.943. The van der Waals surface area contributed by atoms with Crippen molar-refractivity contribution in [1.29, 1.82) is 0 Å². The van der Waals surface area contributed by atoms with Crippen LogP contribution in [0, 0.1) is 0 Å². The molecule has 1 amide bonds. The Kier molecular flexibility index (Phi) is 4.29. The van der Waals surface area contributed by atoms with Gasteiger partial charge >= 0.3 is 0 Å². The van der Waals surface area contributed by atoms with Gasteiger partial charge in [0.25, 0.3) is 0 Å². The zero-order valence-electron chi connectivity index (χ0n) is 8.25. The number of anilines is 2. The fourth-order valence-electron chi connectivity index (χ4n) is 0.926. The van der Waals surface area contributed by atoms with Crippen LogP contribution >= 0.6 is 15.9 Å². The highest BCUT2D eigenvalue weighted by molar-refractivity contribution is 9.10. The number of carbonyl (C=O) groups excluding carboxylic acids is 1. The summed E-state index contributed by atoms with van der Waals surface area (Å²) in [4.78, 5) is 18.4. The normalized spacial score (nSPS) is 9.73. The number of nitrogens with two attached hydrogens (primary N) is 1. The number of aromatic nitrogens is 2. The number of halogens is 1. The summed E-state index contributed by atoms with van der Waals surface area (Å²) < 4.78 is 0.632. The van der Waals surface area contributed by atoms with Gasteiger partial charge in [-0.05, 0) is 15.9 Å². The summed E-state index contributed by atoms with van der Waals surface area (Å²) in [6.45, 7) is 2.58. The van der Waals surface area contributed by atoms with E-state index in [4.69, 9.17) is 5.73 Å². The highest BCUT2D eigenvalue weighted by Crippen LogP contribution is 2.23. The lowest BCUT2D eigenvalue weighted by Gasteiger charge is -2.08. The Hall–Kier alpha value is -1.37. The SMILES string of the molecule is CC(=O)NCCNc1ncnc(N)c1Br. The lowest BCUT2D eigenvalue weighted by atomic mass is 10.5. The molecule has 0 aliphatic rings. The van der Waals surface area contributed by atoms with E-state index in [2.05, 4.69) is 36.5 Å². The van der Waals surface area contributed by atoms with Gasteiger partial charge in [-0.1, -0.05) is 0 Å². The number of carbonyl (C=O) groups is 1. The second-order valence-corrected chi connectivity index (χ2v) is 3.62. The van der Waals surface area contributed by atoms with E-state index in [0.29, 0.717) is 29.2 Å². The topological polar surface area (TPSA) is 92.9 Å². The Morgan fingerprint density at radius 3 is 2.93 bits per heavy atom. The van der Waals surface area contributed by atoms with Crippen LogP contribution in [-0.2, 0) is 4.79 Å². The molecule has 0 bridgehead atoms. The average Bonchev–Trinajstić information content (AvgIpc) is 2.18. The lowest BCUT2D eigenvalue weighted by Crippen LogP contribution is -2.26. The van der Waals surface area contributed by atoms with Gasteiger partial charge in [-0.25, -0.2) is 9.97 Å². The van der Waals surface area contributed by atoms with Crippen molar-refractivity contribution in [1.82, 2.24) is 15.3 Å². The first-order chi connectivity index (χ1) is 7.11. The number of nitrogen functional groups attached to an aromatic ring is 1. The molecular formula is C8H12BrN5O. The first-order valence-corrected chi connectivity index (χ1v) is 5.15. The quantitative estimate of drug-likeness (QED) is 0.690. The number of nitrogens with one attached hydrogen (secondary N) is 2. The second-order valence-electron chi connectivity index (χ2n) is 2.83. The lowest BCUT2D eigenvalue weighted by molar-refractivity contribution is -0.118. The smallest absolute Gasteiger partial charge is 0.216 e. The zero-order chi connectivity index (χ0) is 11.3. The highest BCUT2D eigenvalue weighted by Gasteiger charge is 2.04. The molecule has 7 heteroatoms. The summed E-state index contributed by atoms with van der Waals surface area (Å²) in [5, 5.41) is 5.67. The van der Waals surface area contributed by atoms with Gasteiger partial charge < -0.3 is 16.4 Å². The Balaban J connectivity index is 2.44. The first kappa shape index (κ1) is 11.7. The van der Waals surface area contributed by atoms with Gasteiger partial charge in [-0.3, -0.25) is 4.79 Å². The van der Waals surface area contributed by atoms with E-state index in [1.807, 2.05) is 0 Å². The molecule has 82 valence electrons. The van der Waals surface area contributed by atoms with Gasteiger partial charge in [-0.15, -0.1) is 0 Å². The summed E-state index contributed by atoms with van der Waals surface area (Å²) in [6, 6.07) is 0. The third kappa shape index (κ3) is 3.70. The van der Waals surface area contributed by atoms with E-state index >= 15 is 0 Å². The van der Waals surface area contributed by atoms with Gasteiger partial charge in [-0.2, -0.15) is 0 Å². The molecule has 1 rings (SSSR count). The Morgan fingerprint density at radius 1 is 1.53 bits per heavy atom. The second kappa shape index (κ2) is 5.50. The summed E-state index contributed by atoms with van der Waals surface area (Å²) in [7, 11) is 0. The Morgan fingerprint density at radius 2 is 2.27 bits per heavy atom. The van der Waals surface area contributed by atoms with Gasteiger partial charge in [0.05, 0.1) is 0 Å². The largest absolute Gasteiger partial charge is 0.383 e. The van der Waals surface area contributed by atoms with Gasteiger partial charge in [0.2, 0.25) is 5.91 Å². The maximum atomic E-state index is 10.6. The maximum Gasteiger partial charge on any atom is 0.216 e. The number of amides is 1. The molecule has 4 N–H and O–H groups in total. The standard InChI is InChI=1S/C8H12BrN5O/c1-5(15)11-2-3-12-8-6(9)7(10)13-4-14-8/h4H,2-3H2,1H3,(H,11,15)(H3,10,12,13,14). The molecule has 0 radical (unpaired) electrons. The van der Waals surface area contributed by atoms with Crippen LogP contribution in [0.2, 0.25) is 0 Å². The van der Waals surface area contributed by atoms with E-state index in [1.165, 1.54) is 13.3 Å². The predicted octanol–water partition coefficient (Wildman–Crippen LogP) is 0.369. The van der Waals surface area contributed by atoms with E-state index in [-0.39, 0.29) is 5.91 Å². The fraction of sp³-hybridized carbons (Fsp3) is 0.375. The maximum absolute atomic E-state index is 10.6. The molecule has 6 nitrogen and oxygen atoms in total. The van der Waals surface area contributed by atoms with Crippen molar-refractivity contribution in [3.63, 3.8) is 0 Å². The van der Waals surface area contributed by atoms with Crippen LogP contribution in [-0.4, -0.2) is 29.0 Å². The van der Waals surface area contributed by atoms with Crippen LogP contribution in [0.5, 0.6) is 0 Å². The van der Waals surface area contributed by atoms with Gasteiger partial charge in [0.15, 0.2) is 0 Å². The molecule has 1 aromatic heterocycles. The summed E-state index contributed by atoms with van der Waals surface area (Å²) in [6.07, 6.45) is 1.38. The minimum absolute atomic E-state index is 0.0573. The van der Waals surface area contributed by atoms with Crippen molar-refractivity contribution in [2.45, 2.75) is 6.92 Å². The van der Waals surface area contributed by atoms with Gasteiger partial charge in [0.1, 0.15) is 22.4 Å². The highest BCUT2D eigenvalue weighted by atomic mass is 79.9. The summed E-state index contributed by atoms with van der Waals surface area (Å²) >= 11 is 3.26. The molecule has 0 atom stereocenters. The van der Waals surface area contributed by atoms with Gasteiger partial charge in [0, 0.05) is 20.0 Å². The number of hydrogen-bond acceptors (Lipinski definition) is 5. The monoisotopic (exact) mass is 273 g/mol. The fourth-order valence-corrected chi connectivity index (χ4v) is 1.27. The van der Waals surface area contributed by atoms with Crippen LogP contribution in [0.4, 0.5) is 11.6 Å². The molecule has 0 saturated carbocycles. The molecule has 15 heavy (non-hydrogen) atoms. The average molecular weight is 274 g/mol.